The van der Waals surface area contributed by atoms with Crippen LogP contribution in [0.4, 0.5) is 0 Å². The molecule has 3 heterocycles. The molecule has 25 heavy (non-hydrogen) atoms. The van der Waals surface area contributed by atoms with Crippen molar-refractivity contribution in [3.63, 3.8) is 0 Å². The molecular weight excluding hydrogens is 314 g/mol. The maximum Gasteiger partial charge on any atom is 0.237 e. The third-order valence-electron chi connectivity index (χ3n) is 6.52. The van der Waals surface area contributed by atoms with E-state index in [-0.39, 0.29) is 0 Å². The molecular formula is C19H31N5O. The molecule has 1 saturated carbocycles. The monoisotopic (exact) mass is 345 g/mol. The Morgan fingerprint density at radius 1 is 1.00 bits per heavy atom. The van der Waals surface area contributed by atoms with Gasteiger partial charge >= 0.3 is 0 Å². The van der Waals surface area contributed by atoms with E-state index in [4.69, 9.17) is 0 Å². The highest BCUT2D eigenvalue weighted by molar-refractivity contribution is 5.78. The van der Waals surface area contributed by atoms with E-state index in [1.807, 2.05) is 4.68 Å². The lowest BCUT2D eigenvalue weighted by atomic mass is 9.78. The Kier molecular flexibility index (Phi) is 5.34. The summed E-state index contributed by atoms with van der Waals surface area (Å²) in [7, 11) is 0. The molecule has 0 aromatic carbocycles. The first kappa shape index (κ1) is 17.0. The SMILES string of the molecule is O=C(CN1CCCC[C@@H]1Cn1cncn1)N1CCC[C@@H]2CCCC[C@H]21. The molecule has 6 nitrogen and oxygen atoms in total. The number of carbonyl (C=O) groups is 1. The smallest absolute Gasteiger partial charge is 0.237 e. The van der Waals surface area contributed by atoms with Gasteiger partial charge in [-0.3, -0.25) is 14.4 Å². The van der Waals surface area contributed by atoms with Crippen LogP contribution in [-0.2, 0) is 11.3 Å². The third kappa shape index (κ3) is 3.89. The van der Waals surface area contributed by atoms with Crippen LogP contribution in [0.15, 0.2) is 12.7 Å². The van der Waals surface area contributed by atoms with E-state index < -0.39 is 0 Å². The highest BCUT2D eigenvalue weighted by atomic mass is 16.2. The van der Waals surface area contributed by atoms with Crippen LogP contribution in [0.2, 0.25) is 0 Å². The van der Waals surface area contributed by atoms with Crippen molar-refractivity contribution in [3.8, 4) is 0 Å². The van der Waals surface area contributed by atoms with Gasteiger partial charge in [0.15, 0.2) is 0 Å². The minimum atomic E-state index is 0.363. The summed E-state index contributed by atoms with van der Waals surface area (Å²) in [6.07, 6.45) is 14.7. The van der Waals surface area contributed by atoms with Crippen LogP contribution < -0.4 is 0 Å². The number of hydrogen-bond acceptors (Lipinski definition) is 4. The maximum atomic E-state index is 13.1. The Hall–Kier alpha value is -1.43. The summed E-state index contributed by atoms with van der Waals surface area (Å²) in [4.78, 5) is 21.8. The van der Waals surface area contributed by atoms with Gasteiger partial charge in [0.1, 0.15) is 12.7 Å². The van der Waals surface area contributed by atoms with Crippen LogP contribution in [0.1, 0.15) is 57.8 Å². The molecule has 138 valence electrons. The summed E-state index contributed by atoms with van der Waals surface area (Å²) < 4.78 is 1.91. The van der Waals surface area contributed by atoms with Crippen molar-refractivity contribution < 1.29 is 4.79 Å². The predicted molar refractivity (Wildman–Crippen MR) is 95.9 cm³/mol. The van der Waals surface area contributed by atoms with Crippen LogP contribution in [0, 0.1) is 5.92 Å². The van der Waals surface area contributed by atoms with E-state index in [9.17, 15) is 4.79 Å². The summed E-state index contributed by atoms with van der Waals surface area (Å²) in [6, 6.07) is 0.930. The first-order valence-corrected chi connectivity index (χ1v) is 10.2. The lowest BCUT2D eigenvalue weighted by molar-refractivity contribution is -0.139. The minimum Gasteiger partial charge on any atom is -0.338 e. The van der Waals surface area contributed by atoms with Gasteiger partial charge in [-0.1, -0.05) is 19.3 Å². The van der Waals surface area contributed by atoms with E-state index in [0.29, 0.717) is 24.5 Å². The summed E-state index contributed by atoms with van der Waals surface area (Å²) >= 11 is 0. The van der Waals surface area contributed by atoms with Crippen molar-refractivity contribution >= 4 is 5.91 Å². The first-order chi connectivity index (χ1) is 12.3. The van der Waals surface area contributed by atoms with Crippen molar-refractivity contribution in [1.29, 1.82) is 0 Å². The molecule has 1 amide bonds. The predicted octanol–water partition coefficient (Wildman–Crippen LogP) is 2.31. The van der Waals surface area contributed by atoms with E-state index in [1.54, 1.807) is 12.7 Å². The molecule has 3 fully saturated rings. The number of nitrogens with zero attached hydrogens (tertiary/aromatic N) is 5. The number of rotatable bonds is 4. The van der Waals surface area contributed by atoms with Crippen LogP contribution >= 0.6 is 0 Å². The molecule has 2 aliphatic heterocycles. The zero-order chi connectivity index (χ0) is 17.1. The van der Waals surface area contributed by atoms with Crippen molar-refractivity contribution in [2.75, 3.05) is 19.6 Å². The topological polar surface area (TPSA) is 54.3 Å². The fraction of sp³-hybridized carbons (Fsp3) is 0.842. The number of carbonyl (C=O) groups excluding carboxylic acids is 1. The fourth-order valence-corrected chi connectivity index (χ4v) is 5.22. The van der Waals surface area contributed by atoms with Crippen LogP contribution in [0.25, 0.3) is 0 Å². The summed E-state index contributed by atoms with van der Waals surface area (Å²) in [5.41, 5.74) is 0. The van der Waals surface area contributed by atoms with Crippen molar-refractivity contribution in [2.45, 2.75) is 76.4 Å². The first-order valence-electron chi connectivity index (χ1n) is 10.2. The van der Waals surface area contributed by atoms with E-state index in [0.717, 1.165) is 32.0 Å². The number of likely N-dealkylation sites (tertiary alicyclic amines) is 2. The average Bonchev–Trinajstić information content (AvgIpc) is 3.16. The zero-order valence-electron chi connectivity index (χ0n) is 15.2. The van der Waals surface area contributed by atoms with Crippen molar-refractivity contribution in [3.05, 3.63) is 12.7 Å². The number of hydrogen-bond donors (Lipinski definition) is 0. The molecule has 1 aliphatic carbocycles. The molecule has 6 heteroatoms. The van der Waals surface area contributed by atoms with Gasteiger partial charge in [0.2, 0.25) is 5.91 Å². The lowest BCUT2D eigenvalue weighted by Crippen LogP contribution is -2.54. The second-order valence-electron chi connectivity index (χ2n) is 8.08. The summed E-state index contributed by atoms with van der Waals surface area (Å²) in [6.45, 7) is 3.44. The Morgan fingerprint density at radius 2 is 1.84 bits per heavy atom. The maximum absolute atomic E-state index is 13.1. The van der Waals surface area contributed by atoms with Gasteiger partial charge in [0.25, 0.3) is 0 Å². The molecule has 0 spiro atoms. The van der Waals surface area contributed by atoms with Gasteiger partial charge in [-0.25, -0.2) is 4.98 Å². The van der Waals surface area contributed by atoms with E-state index >= 15 is 0 Å². The van der Waals surface area contributed by atoms with E-state index in [2.05, 4.69) is 19.9 Å². The standard InChI is InChI=1S/C19H31N5O/c25-19(24-11-5-7-16-6-1-2-9-18(16)24)13-22-10-4-3-8-17(22)12-23-15-20-14-21-23/h14-18H,1-13H2/t16-,17+,18+/m0/s1. The van der Waals surface area contributed by atoms with Crippen LogP contribution in [0.3, 0.4) is 0 Å². The van der Waals surface area contributed by atoms with Gasteiger partial charge in [-0.05, 0) is 51.0 Å². The van der Waals surface area contributed by atoms with Gasteiger partial charge in [-0.15, -0.1) is 0 Å². The normalized spacial score (nSPS) is 30.9. The van der Waals surface area contributed by atoms with Gasteiger partial charge in [0.05, 0.1) is 13.1 Å². The molecule has 2 saturated heterocycles. The second-order valence-corrected chi connectivity index (χ2v) is 8.08. The average molecular weight is 345 g/mol. The van der Waals surface area contributed by atoms with Crippen LogP contribution in [0.5, 0.6) is 0 Å². The molecule has 0 bridgehead atoms. The Morgan fingerprint density at radius 3 is 2.72 bits per heavy atom. The van der Waals surface area contributed by atoms with Gasteiger partial charge < -0.3 is 4.90 Å². The number of aromatic nitrogens is 3. The van der Waals surface area contributed by atoms with Gasteiger partial charge in [-0.2, -0.15) is 5.10 Å². The van der Waals surface area contributed by atoms with Gasteiger partial charge in [0, 0.05) is 18.6 Å². The molecule has 3 aliphatic rings. The molecule has 0 unspecified atom stereocenters. The molecule has 3 atom stereocenters. The molecule has 0 N–H and O–H groups in total. The second kappa shape index (κ2) is 7.85. The molecule has 1 aromatic rings. The van der Waals surface area contributed by atoms with Crippen molar-refractivity contribution in [1.82, 2.24) is 24.6 Å². The summed E-state index contributed by atoms with van der Waals surface area (Å²) in [5.74, 6) is 1.13. The molecule has 4 rings (SSSR count). The van der Waals surface area contributed by atoms with E-state index in [1.165, 1.54) is 51.4 Å². The highest BCUT2D eigenvalue weighted by Crippen LogP contribution is 2.35. The van der Waals surface area contributed by atoms with Crippen LogP contribution in [-0.4, -0.2) is 62.2 Å². The van der Waals surface area contributed by atoms with Crippen molar-refractivity contribution in [2.24, 2.45) is 5.92 Å². The Labute approximate surface area is 150 Å². The quantitative estimate of drug-likeness (QED) is 0.840. The number of piperidine rings is 2. The Balaban J connectivity index is 1.39. The lowest BCUT2D eigenvalue weighted by Gasteiger charge is -2.45. The molecule has 1 aromatic heterocycles. The highest BCUT2D eigenvalue weighted by Gasteiger charge is 2.36. The Bertz CT molecular complexity index is 558. The molecule has 0 radical (unpaired) electrons. The zero-order valence-corrected chi connectivity index (χ0v) is 15.2. The summed E-state index contributed by atoms with van der Waals surface area (Å²) in [5, 5.41) is 4.25. The number of fused-ring (bicyclic) bond motifs is 1. The number of amides is 1. The largest absolute Gasteiger partial charge is 0.338 e. The fourth-order valence-electron chi connectivity index (χ4n) is 5.22. The third-order valence-corrected chi connectivity index (χ3v) is 6.52. The minimum absolute atomic E-state index is 0.363.